The third-order valence-corrected chi connectivity index (χ3v) is 22.8. The number of rotatable bonds is 15. The zero-order valence-electron chi connectivity index (χ0n) is 27.6. The van der Waals surface area contributed by atoms with Crippen molar-refractivity contribution in [2.24, 2.45) is 17.8 Å². The maximum Gasteiger partial charge on any atom is 0.200 e. The standard InChI is InChI=1S/C32H64O4Si2/c1-20(2)37(21(3)4,22(5)6)34-16-15-31-27(14)30(33)18-28(35-31)19-32(29-17-26(29)13)36-38(23(7)8,24(9)10)25(11)12/h20-29,31-32H,15-19H2,1-14H3/t26-,27-,28+,29-,31+,32+/m1/s1. The van der Waals surface area contributed by atoms with Crippen LogP contribution in [0.1, 0.15) is 123 Å². The van der Waals surface area contributed by atoms with Gasteiger partial charge >= 0.3 is 0 Å². The van der Waals surface area contributed by atoms with E-state index in [0.717, 1.165) is 12.8 Å². The largest absolute Gasteiger partial charge is 0.416 e. The van der Waals surface area contributed by atoms with E-state index < -0.39 is 16.6 Å². The number of carbonyl (C=O) groups excluding carboxylic acids is 1. The minimum Gasteiger partial charge on any atom is -0.416 e. The summed E-state index contributed by atoms with van der Waals surface area (Å²) in [7, 11) is -3.93. The van der Waals surface area contributed by atoms with Gasteiger partial charge in [0.1, 0.15) is 5.78 Å². The van der Waals surface area contributed by atoms with E-state index in [1.165, 1.54) is 6.42 Å². The zero-order valence-corrected chi connectivity index (χ0v) is 29.6. The molecule has 1 aliphatic heterocycles. The molecule has 0 radical (unpaired) electrons. The maximum absolute atomic E-state index is 13.2. The lowest BCUT2D eigenvalue weighted by atomic mass is 9.88. The molecule has 0 bridgehead atoms. The first kappa shape index (κ1) is 34.2. The molecule has 6 atom stereocenters. The molecule has 1 saturated carbocycles. The Morgan fingerprint density at radius 1 is 0.789 bits per heavy atom. The number of hydrogen-bond acceptors (Lipinski definition) is 4. The van der Waals surface area contributed by atoms with Crippen molar-refractivity contribution in [3.8, 4) is 0 Å². The molecular weight excluding hydrogens is 505 g/mol. The lowest BCUT2D eigenvalue weighted by molar-refractivity contribution is -0.149. The Hall–Kier alpha value is -0.0162. The van der Waals surface area contributed by atoms with Gasteiger partial charge in [0.05, 0.1) is 18.3 Å². The van der Waals surface area contributed by atoms with Gasteiger partial charge < -0.3 is 13.6 Å². The summed E-state index contributed by atoms with van der Waals surface area (Å²) in [6, 6.07) is 0. The normalized spacial score (nSPS) is 28.0. The molecule has 0 spiro atoms. The van der Waals surface area contributed by atoms with Crippen LogP contribution in [-0.2, 0) is 18.4 Å². The highest BCUT2D eigenvalue weighted by Crippen LogP contribution is 2.50. The van der Waals surface area contributed by atoms with Crippen molar-refractivity contribution >= 4 is 22.4 Å². The molecule has 2 fully saturated rings. The predicted molar refractivity (Wildman–Crippen MR) is 167 cm³/mol. The van der Waals surface area contributed by atoms with E-state index in [2.05, 4.69) is 96.9 Å². The summed E-state index contributed by atoms with van der Waals surface area (Å²) in [4.78, 5) is 13.2. The molecule has 0 unspecified atom stereocenters. The zero-order chi connectivity index (χ0) is 29.2. The fraction of sp³-hybridized carbons (Fsp3) is 0.969. The van der Waals surface area contributed by atoms with E-state index in [-0.39, 0.29) is 24.2 Å². The lowest BCUT2D eigenvalue weighted by Gasteiger charge is -2.46. The van der Waals surface area contributed by atoms with Gasteiger partial charge in [0, 0.05) is 18.9 Å². The van der Waals surface area contributed by atoms with Crippen LogP contribution >= 0.6 is 0 Å². The number of ether oxygens (including phenoxy) is 1. The van der Waals surface area contributed by atoms with E-state index in [9.17, 15) is 4.79 Å². The average molecular weight is 569 g/mol. The van der Waals surface area contributed by atoms with Crippen LogP contribution < -0.4 is 0 Å². The molecule has 1 saturated heterocycles. The van der Waals surface area contributed by atoms with Crippen LogP contribution in [0.5, 0.6) is 0 Å². The van der Waals surface area contributed by atoms with Crippen LogP contribution in [0.3, 0.4) is 0 Å². The molecule has 2 rings (SSSR count). The van der Waals surface area contributed by atoms with E-state index in [0.29, 0.717) is 63.9 Å². The summed E-state index contributed by atoms with van der Waals surface area (Å²) in [5.41, 5.74) is 3.37. The van der Waals surface area contributed by atoms with Gasteiger partial charge in [-0.15, -0.1) is 0 Å². The Morgan fingerprint density at radius 3 is 1.63 bits per heavy atom. The van der Waals surface area contributed by atoms with Crippen LogP contribution in [0.15, 0.2) is 0 Å². The van der Waals surface area contributed by atoms with Gasteiger partial charge in [-0.05, 0) is 64.3 Å². The topological polar surface area (TPSA) is 44.8 Å². The van der Waals surface area contributed by atoms with Crippen LogP contribution in [0, 0.1) is 17.8 Å². The maximum atomic E-state index is 13.2. The highest BCUT2D eigenvalue weighted by atomic mass is 28.4. The van der Waals surface area contributed by atoms with Crippen molar-refractivity contribution in [1.29, 1.82) is 0 Å². The van der Waals surface area contributed by atoms with Crippen LogP contribution in [0.4, 0.5) is 0 Å². The van der Waals surface area contributed by atoms with E-state index >= 15 is 0 Å². The second-order valence-corrected chi connectivity index (χ2v) is 25.7. The molecule has 6 heteroatoms. The first-order chi connectivity index (χ1) is 17.5. The quantitative estimate of drug-likeness (QED) is 0.184. The molecule has 0 aromatic carbocycles. The summed E-state index contributed by atoms with van der Waals surface area (Å²) in [6.45, 7) is 33.3. The van der Waals surface area contributed by atoms with Crippen LogP contribution in [-0.4, -0.2) is 47.3 Å². The van der Waals surface area contributed by atoms with E-state index in [4.69, 9.17) is 13.6 Å². The van der Waals surface area contributed by atoms with Gasteiger partial charge in [-0.1, -0.05) is 96.9 Å². The highest BCUT2D eigenvalue weighted by Gasteiger charge is 2.51. The monoisotopic (exact) mass is 568 g/mol. The minimum atomic E-state index is -2.01. The molecule has 2 aliphatic rings. The van der Waals surface area contributed by atoms with Gasteiger partial charge in [0.2, 0.25) is 8.32 Å². The van der Waals surface area contributed by atoms with Gasteiger partial charge in [0.15, 0.2) is 8.32 Å². The van der Waals surface area contributed by atoms with Crippen molar-refractivity contribution in [3.63, 3.8) is 0 Å². The summed E-state index contributed by atoms with van der Waals surface area (Å²) >= 11 is 0. The number of ketones is 1. The lowest BCUT2D eigenvalue weighted by Crippen LogP contribution is -2.52. The van der Waals surface area contributed by atoms with Gasteiger partial charge in [0.25, 0.3) is 0 Å². The molecule has 0 N–H and O–H groups in total. The van der Waals surface area contributed by atoms with Crippen molar-refractivity contribution in [3.05, 3.63) is 0 Å². The molecule has 1 aliphatic carbocycles. The van der Waals surface area contributed by atoms with Crippen molar-refractivity contribution in [2.45, 2.75) is 174 Å². The number of carbonyl (C=O) groups is 1. The molecule has 1 heterocycles. The van der Waals surface area contributed by atoms with Crippen molar-refractivity contribution in [2.75, 3.05) is 6.61 Å². The van der Waals surface area contributed by atoms with Gasteiger partial charge in [-0.25, -0.2) is 0 Å². The third kappa shape index (κ3) is 7.24. The summed E-state index contributed by atoms with van der Waals surface area (Å²) in [6.07, 6.45) is 3.54. The predicted octanol–water partition coefficient (Wildman–Crippen LogP) is 9.54. The summed E-state index contributed by atoms with van der Waals surface area (Å²) < 4.78 is 21.0. The van der Waals surface area contributed by atoms with Crippen molar-refractivity contribution in [1.82, 2.24) is 0 Å². The fourth-order valence-corrected chi connectivity index (χ4v) is 19.5. The average Bonchev–Trinajstić information content (AvgIpc) is 3.51. The van der Waals surface area contributed by atoms with E-state index in [1.807, 2.05) is 0 Å². The molecule has 0 aromatic rings. The Labute approximate surface area is 239 Å². The Balaban J connectivity index is 2.16. The van der Waals surface area contributed by atoms with Gasteiger partial charge in [-0.3, -0.25) is 4.79 Å². The highest BCUT2D eigenvalue weighted by molar-refractivity contribution is 6.78. The van der Waals surface area contributed by atoms with Crippen LogP contribution in [0.25, 0.3) is 0 Å². The SMILES string of the molecule is CC(C)[Si](OCC[C@@H]1O[C@H](C[C@H](O[Si](C(C)C)(C(C)C)C(C)C)[C@@H]2C[C@H]2C)CC(=O)[C@H]1C)(C(C)C)C(C)C. The second kappa shape index (κ2) is 13.8. The minimum absolute atomic E-state index is 0.0398. The smallest absolute Gasteiger partial charge is 0.200 e. The summed E-state index contributed by atoms with van der Waals surface area (Å²) in [5, 5.41) is 0. The molecule has 0 amide bonds. The number of Topliss-reactive ketones (excluding diaryl/α,β-unsaturated/α-hetero) is 1. The Bertz CT molecular complexity index is 704. The molecular formula is C32H64O4Si2. The van der Waals surface area contributed by atoms with Crippen molar-refractivity contribution < 1.29 is 18.4 Å². The number of hydrogen-bond donors (Lipinski definition) is 0. The Morgan fingerprint density at radius 2 is 1.24 bits per heavy atom. The summed E-state index contributed by atoms with van der Waals surface area (Å²) in [5.74, 6) is 1.61. The molecule has 0 aromatic heterocycles. The fourth-order valence-electron chi connectivity index (χ4n) is 8.45. The molecule has 38 heavy (non-hydrogen) atoms. The van der Waals surface area contributed by atoms with E-state index in [1.54, 1.807) is 0 Å². The first-order valence-electron chi connectivity index (χ1n) is 16.0. The second-order valence-electron chi connectivity index (χ2n) is 14.8. The third-order valence-electron chi connectivity index (χ3n) is 10.5. The molecule has 4 nitrogen and oxygen atoms in total. The van der Waals surface area contributed by atoms with Crippen LogP contribution in [0.2, 0.25) is 33.2 Å². The first-order valence-corrected chi connectivity index (χ1v) is 20.3. The Kier molecular flexibility index (Phi) is 12.4. The molecule has 224 valence electrons. The van der Waals surface area contributed by atoms with Gasteiger partial charge in [-0.2, -0.15) is 0 Å².